The summed E-state index contributed by atoms with van der Waals surface area (Å²) in [5.74, 6) is 0.792. The SMILES string of the molecule is CC(C)CCc1cc[n+](C(C)(C)C)cc1. The van der Waals surface area contributed by atoms with Crippen LogP contribution < -0.4 is 4.57 Å². The topological polar surface area (TPSA) is 3.88 Å². The average Bonchev–Trinajstić information content (AvgIpc) is 2.14. The first-order valence-corrected chi connectivity index (χ1v) is 5.90. The predicted molar refractivity (Wildman–Crippen MR) is 64.8 cm³/mol. The van der Waals surface area contributed by atoms with Crippen molar-refractivity contribution >= 4 is 0 Å². The molecule has 84 valence electrons. The number of hydrogen-bond donors (Lipinski definition) is 0. The molecule has 0 fully saturated rings. The number of hydrogen-bond acceptors (Lipinski definition) is 0. The first-order valence-electron chi connectivity index (χ1n) is 5.90. The van der Waals surface area contributed by atoms with Gasteiger partial charge < -0.3 is 0 Å². The molecule has 0 saturated heterocycles. The van der Waals surface area contributed by atoms with Crippen LogP contribution in [-0.4, -0.2) is 0 Å². The minimum absolute atomic E-state index is 0.191. The first-order chi connectivity index (χ1) is 6.89. The summed E-state index contributed by atoms with van der Waals surface area (Å²) in [6.45, 7) is 11.2. The second kappa shape index (κ2) is 4.78. The van der Waals surface area contributed by atoms with E-state index in [-0.39, 0.29) is 5.54 Å². The van der Waals surface area contributed by atoms with Gasteiger partial charge in [-0.05, 0) is 24.3 Å². The summed E-state index contributed by atoms with van der Waals surface area (Å²) in [6, 6.07) is 4.49. The van der Waals surface area contributed by atoms with Gasteiger partial charge >= 0.3 is 0 Å². The minimum atomic E-state index is 0.191. The van der Waals surface area contributed by atoms with Crippen molar-refractivity contribution in [3.05, 3.63) is 30.1 Å². The molecule has 1 nitrogen and oxygen atoms in total. The molecule has 0 bridgehead atoms. The molecule has 1 heterocycles. The molecule has 0 aliphatic rings. The Hall–Kier alpha value is -0.850. The van der Waals surface area contributed by atoms with Crippen molar-refractivity contribution in [3.63, 3.8) is 0 Å². The Morgan fingerprint density at radius 1 is 1.13 bits per heavy atom. The second-order valence-electron chi connectivity index (χ2n) is 5.72. The summed E-state index contributed by atoms with van der Waals surface area (Å²) in [4.78, 5) is 0. The molecule has 0 aliphatic carbocycles. The van der Waals surface area contributed by atoms with Crippen LogP contribution in [0.25, 0.3) is 0 Å². The highest BCUT2D eigenvalue weighted by molar-refractivity contribution is 5.07. The van der Waals surface area contributed by atoms with E-state index in [0.29, 0.717) is 0 Å². The molecular weight excluding hydrogens is 182 g/mol. The maximum Gasteiger partial charge on any atom is 0.169 e. The Morgan fingerprint density at radius 3 is 2.07 bits per heavy atom. The first kappa shape index (κ1) is 12.2. The Balaban J connectivity index is 2.65. The lowest BCUT2D eigenvalue weighted by Gasteiger charge is -2.13. The van der Waals surface area contributed by atoms with E-state index in [0.717, 1.165) is 5.92 Å². The number of rotatable bonds is 3. The van der Waals surface area contributed by atoms with E-state index in [1.54, 1.807) is 0 Å². The molecule has 0 N–H and O–H groups in total. The highest BCUT2D eigenvalue weighted by atomic mass is 15.0. The van der Waals surface area contributed by atoms with Gasteiger partial charge in [-0.3, -0.25) is 0 Å². The van der Waals surface area contributed by atoms with Crippen LogP contribution in [0.2, 0.25) is 0 Å². The van der Waals surface area contributed by atoms with Crippen LogP contribution in [0.1, 0.15) is 46.6 Å². The van der Waals surface area contributed by atoms with Crippen LogP contribution >= 0.6 is 0 Å². The van der Waals surface area contributed by atoms with Crippen molar-refractivity contribution in [1.29, 1.82) is 0 Å². The summed E-state index contributed by atoms with van der Waals surface area (Å²) >= 11 is 0. The van der Waals surface area contributed by atoms with Crippen molar-refractivity contribution in [3.8, 4) is 0 Å². The molecule has 0 amide bonds. The standard InChI is InChI=1S/C14H24N/c1-12(2)6-7-13-8-10-15(11-9-13)14(3,4)5/h8-12H,6-7H2,1-5H3/q+1. The van der Waals surface area contributed by atoms with E-state index in [4.69, 9.17) is 0 Å². The molecule has 1 heteroatoms. The molecule has 0 saturated carbocycles. The Kier molecular flexibility index (Phi) is 3.90. The van der Waals surface area contributed by atoms with Crippen LogP contribution in [0.15, 0.2) is 24.5 Å². The van der Waals surface area contributed by atoms with Crippen molar-refractivity contribution in [2.24, 2.45) is 5.92 Å². The zero-order valence-electron chi connectivity index (χ0n) is 10.7. The molecular formula is C14H24N+. The molecule has 15 heavy (non-hydrogen) atoms. The Bertz CT molecular complexity index is 290. The van der Waals surface area contributed by atoms with Crippen LogP contribution in [0.3, 0.4) is 0 Å². The van der Waals surface area contributed by atoms with E-state index in [2.05, 4.69) is 63.7 Å². The predicted octanol–water partition coefficient (Wildman–Crippen LogP) is 3.32. The number of aryl methyl sites for hydroxylation is 1. The molecule has 1 rings (SSSR count). The molecule has 0 atom stereocenters. The smallest absolute Gasteiger partial charge is 0.169 e. The minimum Gasteiger partial charge on any atom is -0.201 e. The Morgan fingerprint density at radius 2 is 1.67 bits per heavy atom. The van der Waals surface area contributed by atoms with Gasteiger partial charge in [0.1, 0.15) is 0 Å². The molecule has 1 aromatic rings. The van der Waals surface area contributed by atoms with Gasteiger partial charge in [0, 0.05) is 32.9 Å². The van der Waals surface area contributed by atoms with Crippen molar-refractivity contribution < 1.29 is 4.57 Å². The van der Waals surface area contributed by atoms with Crippen LogP contribution in [-0.2, 0) is 12.0 Å². The monoisotopic (exact) mass is 206 g/mol. The maximum absolute atomic E-state index is 2.28. The zero-order valence-corrected chi connectivity index (χ0v) is 10.7. The highest BCUT2D eigenvalue weighted by Crippen LogP contribution is 2.09. The fourth-order valence-electron chi connectivity index (χ4n) is 1.53. The van der Waals surface area contributed by atoms with Crippen molar-refractivity contribution in [2.45, 2.75) is 53.0 Å². The van der Waals surface area contributed by atoms with E-state index < -0.39 is 0 Å². The Labute approximate surface area is 94.1 Å². The lowest BCUT2D eigenvalue weighted by molar-refractivity contribution is -0.754. The van der Waals surface area contributed by atoms with Gasteiger partial charge in [0.2, 0.25) is 0 Å². The summed E-state index contributed by atoms with van der Waals surface area (Å²) < 4.78 is 2.26. The zero-order chi connectivity index (χ0) is 11.5. The van der Waals surface area contributed by atoms with Crippen LogP contribution in [0.5, 0.6) is 0 Å². The summed E-state index contributed by atoms with van der Waals surface area (Å²) in [5, 5.41) is 0. The van der Waals surface area contributed by atoms with Gasteiger partial charge in [0.05, 0.1) is 0 Å². The van der Waals surface area contributed by atoms with E-state index in [1.165, 1.54) is 18.4 Å². The average molecular weight is 206 g/mol. The van der Waals surface area contributed by atoms with Crippen molar-refractivity contribution in [1.82, 2.24) is 0 Å². The normalized spacial score (nSPS) is 12.1. The van der Waals surface area contributed by atoms with Crippen LogP contribution in [0.4, 0.5) is 0 Å². The number of aromatic nitrogens is 1. The second-order valence-corrected chi connectivity index (χ2v) is 5.72. The van der Waals surface area contributed by atoms with Gasteiger partial charge in [-0.15, -0.1) is 0 Å². The molecule has 0 spiro atoms. The maximum atomic E-state index is 2.28. The molecule has 0 aromatic carbocycles. The largest absolute Gasteiger partial charge is 0.201 e. The van der Waals surface area contributed by atoms with Gasteiger partial charge in [-0.1, -0.05) is 13.8 Å². The lowest BCUT2D eigenvalue weighted by Crippen LogP contribution is -2.49. The molecule has 0 aliphatic heterocycles. The lowest BCUT2D eigenvalue weighted by atomic mass is 10.0. The molecule has 1 aromatic heterocycles. The van der Waals surface area contributed by atoms with Gasteiger partial charge in [-0.25, -0.2) is 4.57 Å². The van der Waals surface area contributed by atoms with Crippen molar-refractivity contribution in [2.75, 3.05) is 0 Å². The summed E-state index contributed by atoms with van der Waals surface area (Å²) in [7, 11) is 0. The molecule has 0 radical (unpaired) electrons. The fraction of sp³-hybridized carbons (Fsp3) is 0.643. The third-order valence-corrected chi connectivity index (χ3v) is 2.68. The quantitative estimate of drug-likeness (QED) is 0.668. The van der Waals surface area contributed by atoms with Gasteiger partial charge in [-0.2, -0.15) is 0 Å². The third kappa shape index (κ3) is 4.03. The van der Waals surface area contributed by atoms with Gasteiger partial charge in [0.25, 0.3) is 0 Å². The van der Waals surface area contributed by atoms with Gasteiger partial charge in [0.15, 0.2) is 17.9 Å². The van der Waals surface area contributed by atoms with E-state index in [9.17, 15) is 0 Å². The van der Waals surface area contributed by atoms with E-state index >= 15 is 0 Å². The fourth-order valence-corrected chi connectivity index (χ4v) is 1.53. The summed E-state index contributed by atoms with van der Waals surface area (Å²) in [6.07, 6.45) is 6.85. The van der Waals surface area contributed by atoms with E-state index in [1.807, 2.05) is 0 Å². The third-order valence-electron chi connectivity index (χ3n) is 2.68. The highest BCUT2D eigenvalue weighted by Gasteiger charge is 2.20. The molecule has 0 unspecified atom stereocenters. The number of pyridine rings is 1. The summed E-state index contributed by atoms with van der Waals surface area (Å²) in [5.41, 5.74) is 1.64. The number of nitrogens with zero attached hydrogens (tertiary/aromatic N) is 1. The van der Waals surface area contributed by atoms with Crippen LogP contribution in [0, 0.1) is 5.92 Å².